The van der Waals surface area contributed by atoms with Crippen molar-refractivity contribution in [3.8, 4) is 0 Å². The zero-order valence-electron chi connectivity index (χ0n) is 9.85. The second-order valence-corrected chi connectivity index (χ2v) is 3.85. The van der Waals surface area contributed by atoms with E-state index in [4.69, 9.17) is 5.11 Å². The van der Waals surface area contributed by atoms with E-state index in [2.05, 4.69) is 10.3 Å². The number of carboxylic acid groups (broad SMARTS) is 1. The van der Waals surface area contributed by atoms with Crippen molar-refractivity contribution in [3.05, 3.63) is 18.2 Å². The number of nitrogens with one attached hydrogen (secondary N) is 1. The van der Waals surface area contributed by atoms with Gasteiger partial charge in [-0.3, -0.25) is 9.59 Å². The van der Waals surface area contributed by atoms with Gasteiger partial charge in [-0.25, -0.2) is 4.98 Å². The minimum Gasteiger partial charge on any atom is -0.481 e. The highest BCUT2D eigenvalue weighted by molar-refractivity contribution is 5.92. The normalized spacial score (nSPS) is 10.2. The van der Waals surface area contributed by atoms with Crippen LogP contribution in [-0.2, 0) is 11.8 Å². The van der Waals surface area contributed by atoms with Crippen molar-refractivity contribution in [3.63, 3.8) is 0 Å². The van der Waals surface area contributed by atoms with Crippen molar-refractivity contribution >= 4 is 11.9 Å². The summed E-state index contributed by atoms with van der Waals surface area (Å²) in [5, 5.41) is 11.2. The topological polar surface area (TPSA) is 84.2 Å². The molecule has 0 radical (unpaired) electrons. The molecule has 1 aromatic heterocycles. The molecule has 0 saturated heterocycles. The number of aryl methyl sites for hydroxylation is 1. The molecular weight excluding hydrogens is 222 g/mol. The summed E-state index contributed by atoms with van der Waals surface area (Å²) in [6.07, 6.45) is 5.52. The number of hydrogen-bond donors (Lipinski definition) is 2. The number of amides is 1. The highest BCUT2D eigenvalue weighted by Crippen LogP contribution is 2.00. The molecule has 94 valence electrons. The van der Waals surface area contributed by atoms with Crippen molar-refractivity contribution in [1.82, 2.24) is 14.9 Å². The Labute approximate surface area is 99.7 Å². The highest BCUT2D eigenvalue weighted by Gasteiger charge is 2.08. The molecule has 0 spiro atoms. The molecule has 0 fully saturated rings. The maximum atomic E-state index is 11.6. The summed E-state index contributed by atoms with van der Waals surface area (Å²) in [5.74, 6) is -0.924. The largest absolute Gasteiger partial charge is 0.481 e. The molecule has 0 aliphatic carbocycles. The summed E-state index contributed by atoms with van der Waals surface area (Å²) >= 11 is 0. The third kappa shape index (κ3) is 4.67. The SMILES string of the molecule is Cn1cncc1C(=O)NCCCCCC(=O)O. The zero-order valence-corrected chi connectivity index (χ0v) is 9.85. The van der Waals surface area contributed by atoms with E-state index in [1.165, 1.54) is 6.20 Å². The molecule has 0 saturated carbocycles. The number of aliphatic carboxylic acids is 1. The number of carbonyl (C=O) groups is 2. The number of nitrogens with zero attached hydrogens (tertiary/aromatic N) is 2. The molecule has 1 heterocycles. The Kier molecular flexibility index (Phi) is 5.19. The first-order chi connectivity index (χ1) is 8.11. The third-order valence-electron chi connectivity index (χ3n) is 2.40. The van der Waals surface area contributed by atoms with Crippen LogP contribution >= 0.6 is 0 Å². The molecule has 1 aromatic rings. The first kappa shape index (κ1) is 13.2. The fourth-order valence-corrected chi connectivity index (χ4v) is 1.45. The number of carboxylic acids is 1. The van der Waals surface area contributed by atoms with Gasteiger partial charge in [-0.1, -0.05) is 6.42 Å². The lowest BCUT2D eigenvalue weighted by molar-refractivity contribution is -0.137. The predicted molar refractivity (Wildman–Crippen MR) is 61.6 cm³/mol. The Morgan fingerprint density at radius 3 is 2.76 bits per heavy atom. The third-order valence-corrected chi connectivity index (χ3v) is 2.40. The molecule has 6 nitrogen and oxygen atoms in total. The summed E-state index contributed by atoms with van der Waals surface area (Å²) < 4.78 is 1.65. The first-order valence-electron chi connectivity index (χ1n) is 5.57. The second kappa shape index (κ2) is 6.67. The predicted octanol–water partition coefficient (Wildman–Crippen LogP) is 0.795. The van der Waals surface area contributed by atoms with Gasteiger partial charge < -0.3 is 15.0 Å². The Morgan fingerprint density at radius 1 is 1.41 bits per heavy atom. The van der Waals surface area contributed by atoms with Crippen LogP contribution in [0.25, 0.3) is 0 Å². The van der Waals surface area contributed by atoms with Crippen LogP contribution in [0.3, 0.4) is 0 Å². The van der Waals surface area contributed by atoms with Gasteiger partial charge in [0.1, 0.15) is 5.69 Å². The summed E-state index contributed by atoms with van der Waals surface area (Å²) in [6.45, 7) is 0.559. The summed E-state index contributed by atoms with van der Waals surface area (Å²) in [7, 11) is 1.76. The van der Waals surface area contributed by atoms with Crippen LogP contribution in [0.2, 0.25) is 0 Å². The van der Waals surface area contributed by atoms with Gasteiger partial charge in [0.15, 0.2) is 0 Å². The first-order valence-corrected chi connectivity index (χ1v) is 5.57. The van der Waals surface area contributed by atoms with Gasteiger partial charge in [0, 0.05) is 20.0 Å². The van der Waals surface area contributed by atoms with Crippen LogP contribution in [0.5, 0.6) is 0 Å². The van der Waals surface area contributed by atoms with Gasteiger partial charge in [0.2, 0.25) is 0 Å². The molecular formula is C11H17N3O3. The maximum Gasteiger partial charge on any atom is 0.303 e. The molecule has 0 bridgehead atoms. The molecule has 1 rings (SSSR count). The number of hydrogen-bond acceptors (Lipinski definition) is 3. The molecule has 1 amide bonds. The Balaban J connectivity index is 2.13. The molecule has 17 heavy (non-hydrogen) atoms. The van der Waals surface area contributed by atoms with E-state index in [-0.39, 0.29) is 12.3 Å². The van der Waals surface area contributed by atoms with Gasteiger partial charge in [0.05, 0.1) is 12.5 Å². The van der Waals surface area contributed by atoms with Crippen LogP contribution in [0.1, 0.15) is 36.2 Å². The number of aromatic nitrogens is 2. The zero-order chi connectivity index (χ0) is 12.7. The standard InChI is InChI=1S/C11H17N3O3/c1-14-8-12-7-9(14)11(17)13-6-4-2-3-5-10(15)16/h7-8H,2-6H2,1H3,(H,13,17)(H,15,16). The molecule has 6 heteroatoms. The van der Waals surface area contributed by atoms with Gasteiger partial charge >= 0.3 is 5.97 Å². The average Bonchev–Trinajstić information content (AvgIpc) is 2.69. The molecule has 0 atom stereocenters. The highest BCUT2D eigenvalue weighted by atomic mass is 16.4. The quantitative estimate of drug-likeness (QED) is 0.689. The maximum absolute atomic E-state index is 11.6. The number of rotatable bonds is 7. The molecule has 0 aromatic carbocycles. The van der Waals surface area contributed by atoms with Crippen molar-refractivity contribution < 1.29 is 14.7 Å². The fourth-order valence-electron chi connectivity index (χ4n) is 1.45. The molecule has 2 N–H and O–H groups in total. The van der Waals surface area contributed by atoms with E-state index in [1.54, 1.807) is 17.9 Å². The fraction of sp³-hybridized carbons (Fsp3) is 0.545. The lowest BCUT2D eigenvalue weighted by Gasteiger charge is -2.04. The summed E-state index contributed by atoms with van der Waals surface area (Å²) in [5.41, 5.74) is 0.524. The van der Waals surface area contributed by atoms with E-state index in [0.717, 1.165) is 12.8 Å². The van der Waals surface area contributed by atoms with E-state index < -0.39 is 5.97 Å². The minimum atomic E-state index is -0.774. The monoisotopic (exact) mass is 239 g/mol. The average molecular weight is 239 g/mol. The number of carbonyl (C=O) groups excluding carboxylic acids is 1. The Hall–Kier alpha value is -1.85. The van der Waals surface area contributed by atoms with Crippen molar-refractivity contribution in [2.45, 2.75) is 25.7 Å². The minimum absolute atomic E-state index is 0.150. The molecule has 0 aliphatic heterocycles. The molecule has 0 unspecified atom stereocenters. The van der Waals surface area contributed by atoms with Crippen LogP contribution in [0, 0.1) is 0 Å². The van der Waals surface area contributed by atoms with E-state index in [1.807, 2.05) is 0 Å². The van der Waals surface area contributed by atoms with Crippen molar-refractivity contribution in [2.24, 2.45) is 7.05 Å². The van der Waals surface area contributed by atoms with E-state index in [9.17, 15) is 9.59 Å². The van der Waals surface area contributed by atoms with Gasteiger partial charge in [-0.2, -0.15) is 0 Å². The van der Waals surface area contributed by atoms with Crippen LogP contribution in [0.4, 0.5) is 0 Å². The second-order valence-electron chi connectivity index (χ2n) is 3.85. The van der Waals surface area contributed by atoms with Gasteiger partial charge in [0.25, 0.3) is 5.91 Å². The number of unbranched alkanes of at least 4 members (excludes halogenated alkanes) is 2. The lowest BCUT2D eigenvalue weighted by Crippen LogP contribution is -2.26. The van der Waals surface area contributed by atoms with Gasteiger partial charge in [-0.05, 0) is 12.8 Å². The van der Waals surface area contributed by atoms with Crippen LogP contribution in [-0.4, -0.2) is 33.1 Å². The van der Waals surface area contributed by atoms with Gasteiger partial charge in [-0.15, -0.1) is 0 Å². The summed E-state index contributed by atoms with van der Waals surface area (Å²) in [4.78, 5) is 25.7. The Bertz CT molecular complexity index is 387. The van der Waals surface area contributed by atoms with Crippen molar-refractivity contribution in [1.29, 1.82) is 0 Å². The smallest absolute Gasteiger partial charge is 0.303 e. The van der Waals surface area contributed by atoms with Crippen LogP contribution in [0.15, 0.2) is 12.5 Å². The van der Waals surface area contributed by atoms with Crippen molar-refractivity contribution in [2.75, 3.05) is 6.54 Å². The Morgan fingerprint density at radius 2 is 2.18 bits per heavy atom. The van der Waals surface area contributed by atoms with Crippen LogP contribution < -0.4 is 5.32 Å². The summed E-state index contributed by atoms with van der Waals surface area (Å²) in [6, 6.07) is 0. The van der Waals surface area contributed by atoms with E-state index >= 15 is 0 Å². The number of imidazole rings is 1. The lowest BCUT2D eigenvalue weighted by atomic mass is 10.2. The molecule has 0 aliphatic rings. The van der Waals surface area contributed by atoms with E-state index in [0.29, 0.717) is 18.7 Å².